The standard InChI is InChI=1S/C20H25NO5.C18H20FNO6.C13H14FNO6/c1-4-18(5-2)16-20(6-3,26-19(24-16)10-7-8-11-19)17(25-18)21-12-9-14(22)13-15(21)23;1-2-18-14(24-17(26-18)6-3-4-7-17)16(10-19,11-21)25-15(18)20-8-5-12(22)9-13(20)23;1-2-13(20)10(19)12(6-14,7-16)21-11(13)15-4-3-8(17)5-9(15)18/h3,9,12,16-17H,4-5,7-8,10-11,13H2,1-2H3;1,5,8,14-15,21H,3-4,6-7,9-11H2;1,3-4,10-11,16,19-20H,5-7H2/t16-,17-,20-;14-,15-,16-,18-;10-,11-,12-,13-/m111/s1. The highest BCUT2D eigenvalue weighted by molar-refractivity contribution is 6.07. The predicted octanol–water partition coefficient (Wildman–Crippen LogP) is 0.774. The van der Waals surface area contributed by atoms with Gasteiger partial charge < -0.3 is 53.6 Å². The number of alkyl halides is 2. The highest BCUT2D eigenvalue weighted by atomic mass is 19.1. The number of allylic oxidation sites excluding steroid dienone is 3. The number of carbonyl (C=O) groups excluding carboxylic acids is 6. The van der Waals surface area contributed by atoms with Crippen LogP contribution in [-0.2, 0) is 61.9 Å². The fourth-order valence-electron chi connectivity index (χ4n) is 11.5. The number of hydrogen-bond acceptors (Lipinski definition) is 17. The highest BCUT2D eigenvalue weighted by Gasteiger charge is 2.76. The maximum Gasteiger partial charge on any atom is 0.236 e. The molecule has 0 radical (unpaired) electrons. The average Bonchev–Trinajstić information content (AvgIpc) is 4.27. The van der Waals surface area contributed by atoms with Crippen molar-refractivity contribution >= 4 is 35.1 Å². The molecule has 8 heterocycles. The number of fused-ring (bicyclic) bond motifs is 2. The van der Waals surface area contributed by atoms with Crippen molar-refractivity contribution in [2.75, 3.05) is 26.6 Å². The quantitative estimate of drug-likeness (QED) is 0.184. The largest absolute Gasteiger partial charge is 0.393 e. The van der Waals surface area contributed by atoms with Crippen molar-refractivity contribution in [2.24, 2.45) is 0 Å². The monoisotopic (exact) mass is 1020 g/mol. The first-order valence-corrected chi connectivity index (χ1v) is 24.3. The number of rotatable bonds is 9. The minimum atomic E-state index is -2.42. The van der Waals surface area contributed by atoms with E-state index in [2.05, 4.69) is 11.8 Å². The van der Waals surface area contributed by atoms with Crippen LogP contribution in [0.5, 0.6) is 0 Å². The zero-order valence-electron chi connectivity index (χ0n) is 40.4. The van der Waals surface area contributed by atoms with E-state index < -0.39 is 133 Å². The van der Waals surface area contributed by atoms with Gasteiger partial charge in [-0.1, -0.05) is 31.6 Å². The summed E-state index contributed by atoms with van der Waals surface area (Å²) in [6.07, 6.45) is 24.4. The maximum absolute atomic E-state index is 14.0. The van der Waals surface area contributed by atoms with Gasteiger partial charge >= 0.3 is 0 Å². The van der Waals surface area contributed by atoms with Crippen LogP contribution in [0.4, 0.5) is 8.78 Å². The molecule has 10 aliphatic rings. The summed E-state index contributed by atoms with van der Waals surface area (Å²) in [5, 5.41) is 39.6. The van der Waals surface area contributed by atoms with Gasteiger partial charge in [0.05, 0.1) is 32.5 Å². The maximum atomic E-state index is 14.0. The summed E-state index contributed by atoms with van der Waals surface area (Å²) in [4.78, 5) is 74.4. The van der Waals surface area contributed by atoms with Crippen molar-refractivity contribution in [3.8, 4) is 37.0 Å². The van der Waals surface area contributed by atoms with Crippen LogP contribution in [0.1, 0.15) is 97.3 Å². The molecule has 0 bridgehead atoms. The first kappa shape index (κ1) is 54.0. The molecule has 20 nitrogen and oxygen atoms in total. The number of aliphatic hydroxyl groups is 4. The van der Waals surface area contributed by atoms with Crippen molar-refractivity contribution in [1.29, 1.82) is 0 Å². The average molecular weight is 1020 g/mol. The molecule has 7 fully saturated rings. The number of carbonyl (C=O) groups is 6. The summed E-state index contributed by atoms with van der Waals surface area (Å²) < 4.78 is 69.8. The fraction of sp³-hybridized carbons (Fsp3) is 0.647. The van der Waals surface area contributed by atoms with E-state index in [9.17, 15) is 58.0 Å². The van der Waals surface area contributed by atoms with Crippen LogP contribution in [-0.4, -0.2) is 179 Å². The van der Waals surface area contributed by atoms with Crippen molar-refractivity contribution in [3.05, 3.63) is 36.8 Å². The Morgan fingerprint density at radius 2 is 0.932 bits per heavy atom. The van der Waals surface area contributed by atoms with Crippen LogP contribution in [0.25, 0.3) is 0 Å². The Hall–Kier alpha value is -5.26. The fourth-order valence-corrected chi connectivity index (χ4v) is 11.5. The lowest BCUT2D eigenvalue weighted by Gasteiger charge is -2.37. The lowest BCUT2D eigenvalue weighted by molar-refractivity contribution is -0.251. The predicted molar refractivity (Wildman–Crippen MR) is 244 cm³/mol. The van der Waals surface area contributed by atoms with E-state index in [1.165, 1.54) is 29.5 Å². The molecule has 2 spiro atoms. The number of ether oxygens (including phenoxy) is 7. The third-order valence-corrected chi connectivity index (χ3v) is 15.6. The molecule has 10 rings (SSSR count). The zero-order chi connectivity index (χ0) is 53.0. The molecule has 73 heavy (non-hydrogen) atoms. The minimum absolute atomic E-state index is 0.182. The van der Waals surface area contributed by atoms with Crippen LogP contribution in [0.15, 0.2) is 36.8 Å². The molecule has 0 unspecified atom stereocenters. The van der Waals surface area contributed by atoms with E-state index in [1.54, 1.807) is 0 Å². The van der Waals surface area contributed by atoms with Gasteiger partial charge in [-0.25, -0.2) is 8.78 Å². The summed E-state index contributed by atoms with van der Waals surface area (Å²) in [6, 6.07) is 0. The van der Waals surface area contributed by atoms with Crippen LogP contribution in [0, 0.1) is 37.0 Å². The van der Waals surface area contributed by atoms with Crippen molar-refractivity contribution < 1.29 is 91.1 Å². The Bertz CT molecular complexity index is 2350. The molecular weight excluding hydrogens is 965 g/mol. The van der Waals surface area contributed by atoms with E-state index in [-0.39, 0.29) is 30.3 Å². The van der Waals surface area contributed by atoms with Gasteiger partial charge in [-0.3, -0.25) is 43.5 Å². The topological polar surface area (TPSA) is 258 Å². The molecule has 8 aliphatic heterocycles. The number of nitrogens with zero attached hydrogens (tertiary/aromatic N) is 3. The molecule has 4 N–H and O–H groups in total. The second-order valence-electron chi connectivity index (χ2n) is 19.9. The third kappa shape index (κ3) is 8.47. The van der Waals surface area contributed by atoms with Gasteiger partial charge in [-0.2, -0.15) is 0 Å². The lowest BCUT2D eigenvalue weighted by atomic mass is 9.83. The second-order valence-corrected chi connectivity index (χ2v) is 19.9. The zero-order valence-corrected chi connectivity index (χ0v) is 40.4. The Balaban J connectivity index is 0.000000147. The number of terminal acetylenes is 3. The molecule has 5 saturated heterocycles. The summed E-state index contributed by atoms with van der Waals surface area (Å²) in [7, 11) is 0. The Kier molecular flexibility index (Phi) is 14.6. The molecule has 2 saturated carbocycles. The highest BCUT2D eigenvalue weighted by Crippen LogP contribution is 2.59. The third-order valence-electron chi connectivity index (χ3n) is 15.6. The lowest BCUT2D eigenvalue weighted by Crippen LogP contribution is -2.56. The summed E-state index contributed by atoms with van der Waals surface area (Å²) in [5.74, 6) is 2.99. The Labute approximate surface area is 419 Å². The molecule has 0 aromatic rings. The Morgan fingerprint density at radius 1 is 0.575 bits per heavy atom. The van der Waals surface area contributed by atoms with E-state index in [1.807, 2.05) is 19.8 Å². The number of aliphatic hydroxyl groups excluding tert-OH is 3. The van der Waals surface area contributed by atoms with Gasteiger partial charge in [0.25, 0.3) is 0 Å². The summed E-state index contributed by atoms with van der Waals surface area (Å²) in [5.41, 5.74) is -9.66. The van der Waals surface area contributed by atoms with Gasteiger partial charge in [0.1, 0.15) is 37.3 Å². The normalized spacial score (nSPS) is 39.3. The number of amides is 3. The molecule has 22 heteroatoms. The van der Waals surface area contributed by atoms with E-state index in [0.29, 0.717) is 25.7 Å². The van der Waals surface area contributed by atoms with Crippen LogP contribution in [0.3, 0.4) is 0 Å². The summed E-state index contributed by atoms with van der Waals surface area (Å²) in [6.45, 7) is 0.0587. The second kappa shape index (κ2) is 19.8. The van der Waals surface area contributed by atoms with Gasteiger partial charge in [-0.15, -0.1) is 19.3 Å². The van der Waals surface area contributed by atoms with E-state index >= 15 is 0 Å². The molecule has 0 aromatic carbocycles. The number of halogens is 2. The molecular formula is C51H59F2N3O17. The number of ketones is 3. The molecule has 0 aromatic heterocycles. The van der Waals surface area contributed by atoms with Gasteiger partial charge in [0, 0.05) is 44.3 Å². The van der Waals surface area contributed by atoms with Crippen molar-refractivity contribution in [2.45, 2.75) is 179 Å². The van der Waals surface area contributed by atoms with Crippen LogP contribution >= 0.6 is 0 Å². The molecule has 3 amide bonds. The Morgan fingerprint density at radius 3 is 1.26 bits per heavy atom. The SMILES string of the molecule is C#C[C@@]1(O)[C@H](O)[C@](CO)(CF)O[C@H]1N1C=CC(=O)CC1=O.C#C[C@@]12OC3(CCCC3)O[C@@H]1C(CC)(CC)O[C@H]2N1C=CC(=O)CC1=O.C#C[C@@]12OC3(CCCC3)O[C@@H]1[C@](CO)(CF)O[C@H]2N1C=CC(=O)CC1=O. The number of hydrogen-bond donors (Lipinski definition) is 4. The molecule has 394 valence electrons. The van der Waals surface area contributed by atoms with Crippen LogP contribution in [0.2, 0.25) is 0 Å². The first-order chi connectivity index (χ1) is 34.7. The summed E-state index contributed by atoms with van der Waals surface area (Å²) >= 11 is 0. The van der Waals surface area contributed by atoms with Gasteiger partial charge in [0.15, 0.2) is 64.4 Å². The van der Waals surface area contributed by atoms with Crippen molar-refractivity contribution in [3.63, 3.8) is 0 Å². The van der Waals surface area contributed by atoms with Gasteiger partial charge in [0.2, 0.25) is 28.9 Å². The smallest absolute Gasteiger partial charge is 0.236 e. The molecule has 11 atom stereocenters. The van der Waals surface area contributed by atoms with E-state index in [4.69, 9.17) is 52.4 Å². The minimum Gasteiger partial charge on any atom is -0.393 e. The van der Waals surface area contributed by atoms with E-state index in [0.717, 1.165) is 60.6 Å². The van der Waals surface area contributed by atoms with Crippen LogP contribution < -0.4 is 0 Å². The van der Waals surface area contributed by atoms with Crippen molar-refractivity contribution in [1.82, 2.24) is 14.7 Å². The molecule has 2 aliphatic carbocycles. The van der Waals surface area contributed by atoms with Gasteiger partial charge in [-0.05, 0) is 56.8 Å². The first-order valence-electron chi connectivity index (χ1n) is 24.3.